The van der Waals surface area contributed by atoms with E-state index in [9.17, 15) is 13.2 Å². The van der Waals surface area contributed by atoms with Gasteiger partial charge in [-0.3, -0.25) is 9.52 Å². The monoisotopic (exact) mass is 354 g/mol. The van der Waals surface area contributed by atoms with Crippen molar-refractivity contribution in [3.05, 3.63) is 29.8 Å². The number of carbonyl (C=O) groups excluding carboxylic acids is 1. The van der Waals surface area contributed by atoms with Gasteiger partial charge in [0, 0.05) is 17.8 Å². The Bertz CT molecular complexity index is 686. The first-order chi connectivity index (χ1) is 11.2. The predicted molar refractivity (Wildman–Crippen MR) is 94.7 cm³/mol. The molecule has 0 atom stereocenters. The van der Waals surface area contributed by atoms with Gasteiger partial charge in [0.05, 0.1) is 24.5 Å². The summed E-state index contributed by atoms with van der Waals surface area (Å²) in [7, 11) is -3.38. The van der Waals surface area contributed by atoms with Gasteiger partial charge in [0.2, 0.25) is 10.0 Å². The second kappa shape index (κ2) is 7.53. The Kier molecular flexibility index (Phi) is 5.87. The van der Waals surface area contributed by atoms with Crippen LogP contribution < -0.4 is 4.72 Å². The minimum Gasteiger partial charge on any atom is -0.377 e. The maximum atomic E-state index is 12.8. The van der Waals surface area contributed by atoms with Crippen molar-refractivity contribution in [3.8, 4) is 0 Å². The lowest BCUT2D eigenvalue weighted by molar-refractivity contribution is -0.0370. The van der Waals surface area contributed by atoms with E-state index in [1.165, 1.54) is 0 Å². The van der Waals surface area contributed by atoms with Crippen LogP contribution in [0.4, 0.5) is 5.69 Å². The molecule has 7 heteroatoms. The van der Waals surface area contributed by atoms with Crippen molar-refractivity contribution in [2.24, 2.45) is 0 Å². The van der Waals surface area contributed by atoms with E-state index in [2.05, 4.69) is 4.72 Å². The van der Waals surface area contributed by atoms with Gasteiger partial charge in [0.25, 0.3) is 5.91 Å². The highest BCUT2D eigenvalue weighted by Gasteiger charge is 2.34. The molecule has 1 N–H and O–H groups in total. The fourth-order valence-corrected chi connectivity index (χ4v) is 3.93. The highest BCUT2D eigenvalue weighted by molar-refractivity contribution is 7.92. The largest absolute Gasteiger partial charge is 0.377 e. The van der Waals surface area contributed by atoms with Crippen molar-refractivity contribution in [1.82, 2.24) is 4.90 Å². The Morgan fingerprint density at radius 1 is 1.38 bits per heavy atom. The molecule has 1 saturated heterocycles. The number of unbranched alkanes of at least 4 members (excludes halogenated alkanes) is 1. The Hall–Kier alpha value is -1.60. The Labute approximate surface area is 144 Å². The van der Waals surface area contributed by atoms with Crippen LogP contribution in [0, 0.1) is 0 Å². The summed E-state index contributed by atoms with van der Waals surface area (Å²) >= 11 is 0. The second-order valence-corrected chi connectivity index (χ2v) is 8.52. The molecule has 0 unspecified atom stereocenters. The molecular formula is C17H26N2O4S. The van der Waals surface area contributed by atoms with Gasteiger partial charge in [-0.05, 0) is 38.5 Å². The molecule has 1 heterocycles. The number of nitrogens with one attached hydrogen (secondary N) is 1. The number of nitrogens with zero attached hydrogens (tertiary/aromatic N) is 1. The van der Waals surface area contributed by atoms with Crippen molar-refractivity contribution in [3.63, 3.8) is 0 Å². The van der Waals surface area contributed by atoms with E-state index in [0.29, 0.717) is 37.4 Å². The summed E-state index contributed by atoms with van der Waals surface area (Å²) in [6.45, 7) is 7.39. The van der Waals surface area contributed by atoms with Gasteiger partial charge >= 0.3 is 0 Å². The summed E-state index contributed by atoms with van der Waals surface area (Å²) in [6.07, 6.45) is 1.42. The Morgan fingerprint density at radius 3 is 2.79 bits per heavy atom. The van der Waals surface area contributed by atoms with Gasteiger partial charge in [-0.2, -0.15) is 0 Å². The van der Waals surface area contributed by atoms with Crippen molar-refractivity contribution >= 4 is 21.6 Å². The number of sulfonamides is 1. The van der Waals surface area contributed by atoms with E-state index >= 15 is 0 Å². The summed E-state index contributed by atoms with van der Waals surface area (Å²) in [5, 5.41) is 0. The van der Waals surface area contributed by atoms with E-state index < -0.39 is 10.0 Å². The smallest absolute Gasteiger partial charge is 0.254 e. The summed E-state index contributed by atoms with van der Waals surface area (Å²) in [5.74, 6) is -0.0315. The van der Waals surface area contributed by atoms with Crippen LogP contribution in [0.25, 0.3) is 0 Å². The lowest BCUT2D eigenvalue weighted by Gasteiger charge is -2.42. The molecule has 0 aromatic heterocycles. The molecule has 0 aliphatic carbocycles. The average Bonchev–Trinajstić information content (AvgIpc) is 2.52. The third-order valence-electron chi connectivity index (χ3n) is 4.04. The molecule has 24 heavy (non-hydrogen) atoms. The zero-order chi connectivity index (χ0) is 17.8. The molecule has 0 radical (unpaired) electrons. The zero-order valence-corrected chi connectivity index (χ0v) is 15.4. The molecule has 134 valence electrons. The van der Waals surface area contributed by atoms with Crippen LogP contribution in [0.3, 0.4) is 0 Å². The maximum Gasteiger partial charge on any atom is 0.254 e. The van der Waals surface area contributed by atoms with Gasteiger partial charge < -0.3 is 9.64 Å². The summed E-state index contributed by atoms with van der Waals surface area (Å²) in [5.41, 5.74) is 0.509. The molecule has 1 aromatic rings. The van der Waals surface area contributed by atoms with E-state index in [1.807, 2.05) is 20.8 Å². The molecule has 1 aliphatic heterocycles. The summed E-state index contributed by atoms with van der Waals surface area (Å²) in [6, 6.07) is 6.65. The zero-order valence-electron chi connectivity index (χ0n) is 14.5. The summed E-state index contributed by atoms with van der Waals surface area (Å²) < 4.78 is 32.0. The van der Waals surface area contributed by atoms with Gasteiger partial charge in [0.15, 0.2) is 0 Å². The topological polar surface area (TPSA) is 75.7 Å². The minimum atomic E-state index is -3.38. The molecule has 1 fully saturated rings. The minimum absolute atomic E-state index is 0.0815. The molecular weight excluding hydrogens is 328 g/mol. The average molecular weight is 354 g/mol. The fourth-order valence-electron chi connectivity index (χ4n) is 2.67. The predicted octanol–water partition coefficient (Wildman–Crippen LogP) is 2.48. The van der Waals surface area contributed by atoms with Crippen molar-refractivity contribution < 1.29 is 17.9 Å². The first-order valence-electron chi connectivity index (χ1n) is 8.25. The van der Waals surface area contributed by atoms with Crippen LogP contribution in [0.5, 0.6) is 0 Å². The van der Waals surface area contributed by atoms with Crippen molar-refractivity contribution in [2.45, 2.75) is 39.2 Å². The highest BCUT2D eigenvalue weighted by atomic mass is 32.2. The van der Waals surface area contributed by atoms with Crippen LogP contribution in [0.1, 0.15) is 44.0 Å². The Balaban J connectivity index is 2.16. The third kappa shape index (κ3) is 4.70. The number of carbonyl (C=O) groups is 1. The van der Waals surface area contributed by atoms with Crippen LogP contribution in [0.15, 0.2) is 24.3 Å². The van der Waals surface area contributed by atoms with E-state index in [0.717, 1.165) is 6.42 Å². The third-order valence-corrected chi connectivity index (χ3v) is 5.41. The van der Waals surface area contributed by atoms with Gasteiger partial charge in [-0.1, -0.05) is 19.4 Å². The molecule has 0 spiro atoms. The number of amides is 1. The number of morpholine rings is 1. The van der Waals surface area contributed by atoms with Crippen molar-refractivity contribution in [2.75, 3.05) is 30.2 Å². The summed E-state index contributed by atoms with van der Waals surface area (Å²) in [4.78, 5) is 14.6. The molecule has 1 amide bonds. The van der Waals surface area contributed by atoms with Crippen LogP contribution in [-0.4, -0.2) is 50.3 Å². The number of benzene rings is 1. The quantitative estimate of drug-likeness (QED) is 0.851. The molecule has 0 saturated carbocycles. The van der Waals surface area contributed by atoms with Crippen LogP contribution in [0.2, 0.25) is 0 Å². The number of anilines is 1. The SMILES string of the molecule is CCCCS(=O)(=O)Nc1cccc(C(=O)N2CCOCC2(C)C)c1. The van der Waals surface area contributed by atoms with Gasteiger partial charge in [0.1, 0.15) is 0 Å². The lowest BCUT2D eigenvalue weighted by atomic mass is 10.0. The number of ether oxygens (including phenoxy) is 1. The number of hydrogen-bond acceptors (Lipinski definition) is 4. The van der Waals surface area contributed by atoms with Crippen LogP contribution >= 0.6 is 0 Å². The molecule has 0 bridgehead atoms. The molecule has 2 rings (SSSR count). The number of hydrogen-bond donors (Lipinski definition) is 1. The maximum absolute atomic E-state index is 12.8. The van der Waals surface area contributed by atoms with E-state index in [1.54, 1.807) is 29.2 Å². The molecule has 1 aromatic carbocycles. The molecule has 6 nitrogen and oxygen atoms in total. The standard InChI is InChI=1S/C17H26N2O4S/c1-4-5-11-24(21,22)18-15-8-6-7-14(12-15)16(20)19-9-10-23-13-17(19,2)3/h6-8,12,18H,4-5,9-11,13H2,1-3H3. The lowest BCUT2D eigenvalue weighted by Crippen LogP contribution is -2.55. The number of rotatable bonds is 6. The van der Waals surface area contributed by atoms with Crippen molar-refractivity contribution in [1.29, 1.82) is 0 Å². The van der Waals surface area contributed by atoms with Gasteiger partial charge in [-0.15, -0.1) is 0 Å². The first kappa shape index (κ1) is 18.7. The fraction of sp³-hybridized carbons (Fsp3) is 0.588. The van der Waals surface area contributed by atoms with Crippen LogP contribution in [-0.2, 0) is 14.8 Å². The first-order valence-corrected chi connectivity index (χ1v) is 9.91. The second-order valence-electron chi connectivity index (χ2n) is 6.68. The Morgan fingerprint density at radius 2 is 2.12 bits per heavy atom. The highest BCUT2D eigenvalue weighted by Crippen LogP contribution is 2.23. The van der Waals surface area contributed by atoms with E-state index in [4.69, 9.17) is 4.74 Å². The molecule has 1 aliphatic rings. The van der Waals surface area contributed by atoms with E-state index in [-0.39, 0.29) is 17.2 Å². The van der Waals surface area contributed by atoms with Gasteiger partial charge in [-0.25, -0.2) is 8.42 Å². The normalized spacial score (nSPS) is 17.5.